The predicted octanol–water partition coefficient (Wildman–Crippen LogP) is 3.85. The van der Waals surface area contributed by atoms with Gasteiger partial charge in [-0.3, -0.25) is 4.79 Å². The third kappa shape index (κ3) is 4.16. The minimum absolute atomic E-state index is 0.0639. The Labute approximate surface area is 202 Å². The number of fused-ring (bicyclic) bond motifs is 1. The maximum atomic E-state index is 12.4. The van der Waals surface area contributed by atoms with Crippen molar-refractivity contribution < 1.29 is 14.3 Å². The van der Waals surface area contributed by atoms with Crippen LogP contribution >= 0.6 is 0 Å². The number of piperidine rings is 1. The second-order valence-corrected chi connectivity index (χ2v) is 8.58. The first-order chi connectivity index (χ1) is 17.0. The van der Waals surface area contributed by atoms with Crippen molar-refractivity contribution in [1.82, 2.24) is 19.7 Å². The Kier molecular flexibility index (Phi) is 5.82. The van der Waals surface area contributed by atoms with E-state index in [2.05, 4.69) is 0 Å². The molecule has 3 heterocycles. The molecular weight excluding hydrogens is 444 g/mol. The van der Waals surface area contributed by atoms with Gasteiger partial charge in [0, 0.05) is 29.6 Å². The second kappa shape index (κ2) is 9.09. The Hall–Kier alpha value is -4.40. The largest absolute Gasteiger partial charge is 0.453 e. The highest BCUT2D eigenvalue weighted by Gasteiger charge is 2.29. The standard InChI is InChI=1S/C26H26N6O3/c1-35-26(34)31-13-11-19(12-14-31)32-24(27)22(25(28)33)23(30-32)18-8-7-17-9-10-20(29-21(17)15-18)16-5-3-2-4-6-16/h2-10,15,19H,11-14,27H2,1H3,(H2,28,33). The minimum Gasteiger partial charge on any atom is -0.453 e. The Bertz CT molecular complexity index is 1410. The first-order valence-corrected chi connectivity index (χ1v) is 11.4. The molecule has 1 aliphatic heterocycles. The molecular formula is C26H26N6O3. The summed E-state index contributed by atoms with van der Waals surface area (Å²) in [7, 11) is 1.37. The number of aromatic nitrogens is 3. The minimum atomic E-state index is -0.637. The summed E-state index contributed by atoms with van der Waals surface area (Å²) in [5, 5.41) is 5.70. The molecule has 2 aromatic heterocycles. The summed E-state index contributed by atoms with van der Waals surface area (Å²) in [6.07, 6.45) is 0.922. The number of primary amides is 1. The molecule has 178 valence electrons. The first-order valence-electron chi connectivity index (χ1n) is 11.4. The zero-order chi connectivity index (χ0) is 24.5. The van der Waals surface area contributed by atoms with Crippen molar-refractivity contribution in [2.75, 3.05) is 25.9 Å². The zero-order valence-electron chi connectivity index (χ0n) is 19.3. The number of ether oxygens (including phenoxy) is 1. The Morgan fingerprint density at radius 1 is 1.00 bits per heavy atom. The van der Waals surface area contributed by atoms with Crippen LogP contribution in [-0.2, 0) is 4.74 Å². The van der Waals surface area contributed by atoms with Crippen LogP contribution in [0.5, 0.6) is 0 Å². The molecule has 5 rings (SSSR count). The number of amides is 2. The highest BCUT2D eigenvalue weighted by Crippen LogP contribution is 2.34. The van der Waals surface area contributed by atoms with E-state index in [1.807, 2.05) is 60.7 Å². The topological polar surface area (TPSA) is 129 Å². The van der Waals surface area contributed by atoms with Gasteiger partial charge in [0.05, 0.1) is 24.4 Å². The number of anilines is 1. The summed E-state index contributed by atoms with van der Waals surface area (Å²) in [6, 6.07) is 19.6. The van der Waals surface area contributed by atoms with Crippen molar-refractivity contribution in [3.63, 3.8) is 0 Å². The molecule has 0 atom stereocenters. The van der Waals surface area contributed by atoms with E-state index in [9.17, 15) is 9.59 Å². The van der Waals surface area contributed by atoms with Gasteiger partial charge in [0.2, 0.25) is 0 Å². The SMILES string of the molecule is COC(=O)N1CCC(n2nc(-c3ccc4ccc(-c5ccccc5)nc4c3)c(C(N)=O)c2N)CC1. The molecule has 9 heteroatoms. The van der Waals surface area contributed by atoms with Gasteiger partial charge in [-0.1, -0.05) is 48.5 Å². The number of pyridine rings is 1. The number of hydrogen-bond acceptors (Lipinski definition) is 6. The number of methoxy groups -OCH3 is 1. The fourth-order valence-corrected chi connectivity index (χ4v) is 4.63. The van der Waals surface area contributed by atoms with Gasteiger partial charge in [-0.05, 0) is 25.0 Å². The van der Waals surface area contributed by atoms with Crippen LogP contribution < -0.4 is 11.5 Å². The lowest BCUT2D eigenvalue weighted by molar-refractivity contribution is 0.100. The van der Waals surface area contributed by atoms with Gasteiger partial charge < -0.3 is 21.1 Å². The van der Waals surface area contributed by atoms with Crippen LogP contribution in [0.3, 0.4) is 0 Å². The van der Waals surface area contributed by atoms with E-state index in [0.717, 1.165) is 22.2 Å². The highest BCUT2D eigenvalue weighted by molar-refractivity contribution is 6.04. The Balaban J connectivity index is 1.52. The van der Waals surface area contributed by atoms with Crippen LogP contribution in [0.1, 0.15) is 29.2 Å². The van der Waals surface area contributed by atoms with E-state index in [1.54, 1.807) is 9.58 Å². The lowest BCUT2D eigenvalue weighted by Crippen LogP contribution is -2.39. The lowest BCUT2D eigenvalue weighted by atomic mass is 10.0. The maximum Gasteiger partial charge on any atom is 0.409 e. The van der Waals surface area contributed by atoms with Crippen molar-refractivity contribution >= 4 is 28.7 Å². The number of likely N-dealkylation sites (tertiary alicyclic amines) is 1. The summed E-state index contributed by atoms with van der Waals surface area (Å²) >= 11 is 0. The molecule has 0 spiro atoms. The highest BCUT2D eigenvalue weighted by atomic mass is 16.5. The van der Waals surface area contributed by atoms with Crippen molar-refractivity contribution in [3.05, 3.63) is 66.2 Å². The molecule has 0 bridgehead atoms. The van der Waals surface area contributed by atoms with Crippen molar-refractivity contribution in [2.45, 2.75) is 18.9 Å². The Morgan fingerprint density at radius 3 is 2.40 bits per heavy atom. The fourth-order valence-electron chi connectivity index (χ4n) is 4.63. The smallest absolute Gasteiger partial charge is 0.409 e. The van der Waals surface area contributed by atoms with Gasteiger partial charge in [0.1, 0.15) is 17.1 Å². The molecule has 0 aliphatic carbocycles. The van der Waals surface area contributed by atoms with E-state index in [0.29, 0.717) is 37.2 Å². The summed E-state index contributed by atoms with van der Waals surface area (Å²) in [4.78, 5) is 30.7. The number of nitrogen functional groups attached to an aromatic ring is 1. The van der Waals surface area contributed by atoms with Crippen molar-refractivity contribution in [2.24, 2.45) is 5.73 Å². The van der Waals surface area contributed by atoms with Crippen LogP contribution in [-0.4, -0.2) is 51.9 Å². The molecule has 0 unspecified atom stereocenters. The van der Waals surface area contributed by atoms with Gasteiger partial charge in [0.15, 0.2) is 0 Å². The first kappa shape index (κ1) is 22.4. The van der Waals surface area contributed by atoms with E-state index >= 15 is 0 Å². The van der Waals surface area contributed by atoms with Gasteiger partial charge in [-0.2, -0.15) is 5.10 Å². The molecule has 2 aromatic carbocycles. The van der Waals surface area contributed by atoms with Crippen LogP contribution in [0.4, 0.5) is 10.6 Å². The number of carbonyl (C=O) groups is 2. The maximum absolute atomic E-state index is 12.4. The summed E-state index contributed by atoms with van der Waals surface area (Å²) < 4.78 is 6.48. The third-order valence-electron chi connectivity index (χ3n) is 6.47. The van der Waals surface area contributed by atoms with Gasteiger partial charge in [-0.15, -0.1) is 0 Å². The van der Waals surface area contributed by atoms with Crippen LogP contribution in [0.25, 0.3) is 33.4 Å². The molecule has 0 saturated carbocycles. The molecule has 1 fully saturated rings. The van der Waals surface area contributed by atoms with E-state index in [4.69, 9.17) is 26.3 Å². The van der Waals surface area contributed by atoms with E-state index in [-0.39, 0.29) is 23.5 Å². The van der Waals surface area contributed by atoms with Gasteiger partial charge >= 0.3 is 6.09 Å². The van der Waals surface area contributed by atoms with Gasteiger partial charge in [-0.25, -0.2) is 14.5 Å². The molecule has 4 aromatic rings. The van der Waals surface area contributed by atoms with Crippen molar-refractivity contribution in [3.8, 4) is 22.5 Å². The molecule has 1 saturated heterocycles. The number of carbonyl (C=O) groups excluding carboxylic acids is 2. The number of nitrogens with zero attached hydrogens (tertiary/aromatic N) is 4. The summed E-state index contributed by atoms with van der Waals surface area (Å²) in [5.74, 6) is -0.406. The van der Waals surface area contributed by atoms with Crippen molar-refractivity contribution in [1.29, 1.82) is 0 Å². The molecule has 1 aliphatic rings. The van der Waals surface area contributed by atoms with Crippen LogP contribution in [0.2, 0.25) is 0 Å². The number of rotatable bonds is 4. The third-order valence-corrected chi connectivity index (χ3v) is 6.47. The Morgan fingerprint density at radius 2 is 1.71 bits per heavy atom. The number of benzene rings is 2. The molecule has 9 nitrogen and oxygen atoms in total. The molecule has 35 heavy (non-hydrogen) atoms. The predicted molar refractivity (Wildman–Crippen MR) is 134 cm³/mol. The quantitative estimate of drug-likeness (QED) is 0.466. The summed E-state index contributed by atoms with van der Waals surface area (Å²) in [6.45, 7) is 1.03. The monoisotopic (exact) mass is 470 g/mol. The lowest BCUT2D eigenvalue weighted by Gasteiger charge is -2.31. The summed E-state index contributed by atoms with van der Waals surface area (Å²) in [5.41, 5.74) is 16.1. The van der Waals surface area contributed by atoms with Gasteiger partial charge in [0.25, 0.3) is 5.91 Å². The normalized spacial score (nSPS) is 14.3. The molecule has 2 amide bonds. The molecule has 4 N–H and O–H groups in total. The molecule has 0 radical (unpaired) electrons. The number of hydrogen-bond donors (Lipinski definition) is 2. The van der Waals surface area contributed by atoms with Crippen LogP contribution in [0.15, 0.2) is 60.7 Å². The zero-order valence-corrected chi connectivity index (χ0v) is 19.3. The average Bonchev–Trinajstić information content (AvgIpc) is 3.25. The number of nitrogens with two attached hydrogens (primary N) is 2. The van der Waals surface area contributed by atoms with Crippen LogP contribution in [0, 0.1) is 0 Å². The second-order valence-electron chi connectivity index (χ2n) is 8.58. The van der Waals surface area contributed by atoms with E-state index in [1.165, 1.54) is 7.11 Å². The fraction of sp³-hybridized carbons (Fsp3) is 0.231. The average molecular weight is 471 g/mol. The van der Waals surface area contributed by atoms with E-state index < -0.39 is 5.91 Å².